The maximum Gasteiger partial charge on any atom is 0.306 e. The van der Waals surface area contributed by atoms with E-state index in [0.29, 0.717) is 12.6 Å². The van der Waals surface area contributed by atoms with Crippen LogP contribution in [-0.4, -0.2) is 59.3 Å². The second-order valence-corrected chi connectivity index (χ2v) is 5.25. The van der Waals surface area contributed by atoms with Crippen LogP contribution in [0.15, 0.2) is 0 Å². The van der Waals surface area contributed by atoms with Crippen molar-refractivity contribution in [2.24, 2.45) is 0 Å². The van der Waals surface area contributed by atoms with E-state index in [4.69, 9.17) is 9.84 Å². The number of carboxylic acid groups (broad SMARTS) is 1. The predicted molar refractivity (Wildman–Crippen MR) is 59.3 cm³/mol. The molecule has 0 radical (unpaired) electrons. The van der Waals surface area contributed by atoms with Gasteiger partial charge in [-0.05, 0) is 12.2 Å². The Labute approximate surface area is 94.0 Å². The van der Waals surface area contributed by atoms with Crippen molar-refractivity contribution in [3.05, 3.63) is 0 Å². The molecular weight excluding hydrogens is 214 g/mol. The average Bonchev–Trinajstić information content (AvgIpc) is 2.69. The van der Waals surface area contributed by atoms with Gasteiger partial charge in [-0.2, -0.15) is 11.8 Å². The van der Waals surface area contributed by atoms with E-state index in [9.17, 15) is 4.79 Å². The van der Waals surface area contributed by atoms with Gasteiger partial charge < -0.3 is 9.84 Å². The van der Waals surface area contributed by atoms with Crippen molar-refractivity contribution < 1.29 is 14.6 Å². The van der Waals surface area contributed by atoms with Crippen LogP contribution in [-0.2, 0) is 9.53 Å². The van der Waals surface area contributed by atoms with Gasteiger partial charge in [-0.3, -0.25) is 9.69 Å². The first-order valence-electron chi connectivity index (χ1n) is 5.41. The van der Waals surface area contributed by atoms with Crippen LogP contribution in [0.5, 0.6) is 0 Å². The zero-order valence-electron chi connectivity index (χ0n) is 8.72. The molecule has 0 aromatic carbocycles. The molecule has 0 aliphatic carbocycles. The fourth-order valence-corrected chi connectivity index (χ4v) is 3.46. The first kappa shape index (κ1) is 11.2. The van der Waals surface area contributed by atoms with Crippen molar-refractivity contribution in [3.8, 4) is 0 Å². The van der Waals surface area contributed by atoms with Gasteiger partial charge in [0.05, 0.1) is 19.1 Å². The first-order chi connectivity index (χ1) is 7.25. The van der Waals surface area contributed by atoms with Crippen LogP contribution in [0.3, 0.4) is 0 Å². The van der Waals surface area contributed by atoms with Crippen molar-refractivity contribution in [1.29, 1.82) is 0 Å². The molecule has 2 unspecified atom stereocenters. The molecule has 15 heavy (non-hydrogen) atoms. The largest absolute Gasteiger partial charge is 0.481 e. The molecule has 5 heteroatoms. The quantitative estimate of drug-likeness (QED) is 0.773. The Bertz CT molecular complexity index is 231. The summed E-state index contributed by atoms with van der Waals surface area (Å²) in [6.45, 7) is 2.43. The van der Waals surface area contributed by atoms with Gasteiger partial charge in [-0.1, -0.05) is 0 Å². The fourth-order valence-electron chi connectivity index (χ4n) is 2.20. The van der Waals surface area contributed by atoms with Gasteiger partial charge >= 0.3 is 5.97 Å². The monoisotopic (exact) mass is 231 g/mol. The van der Waals surface area contributed by atoms with Crippen LogP contribution in [0.25, 0.3) is 0 Å². The molecule has 2 atom stereocenters. The molecule has 0 bridgehead atoms. The number of carbonyl (C=O) groups is 1. The summed E-state index contributed by atoms with van der Waals surface area (Å²) in [5.74, 6) is 1.67. The molecule has 4 nitrogen and oxygen atoms in total. The van der Waals surface area contributed by atoms with E-state index in [2.05, 4.69) is 4.90 Å². The summed E-state index contributed by atoms with van der Waals surface area (Å²) in [5.41, 5.74) is 0. The number of thioether (sulfide) groups is 1. The van der Waals surface area contributed by atoms with E-state index in [-0.39, 0.29) is 12.5 Å². The van der Waals surface area contributed by atoms with E-state index >= 15 is 0 Å². The summed E-state index contributed by atoms with van der Waals surface area (Å²) in [7, 11) is 0. The maximum absolute atomic E-state index is 10.6. The lowest BCUT2D eigenvalue weighted by molar-refractivity contribution is -0.142. The SMILES string of the molecule is O=C(O)CC1CN(C2CCSC2)CCO1. The summed E-state index contributed by atoms with van der Waals surface area (Å²) in [4.78, 5) is 13.0. The van der Waals surface area contributed by atoms with Crippen LogP contribution >= 0.6 is 11.8 Å². The fraction of sp³-hybridized carbons (Fsp3) is 0.900. The lowest BCUT2D eigenvalue weighted by atomic mass is 10.1. The van der Waals surface area contributed by atoms with E-state index in [0.717, 1.165) is 13.1 Å². The highest BCUT2D eigenvalue weighted by Crippen LogP contribution is 2.24. The van der Waals surface area contributed by atoms with Gasteiger partial charge in [0.25, 0.3) is 0 Å². The van der Waals surface area contributed by atoms with Crippen LogP contribution < -0.4 is 0 Å². The highest BCUT2D eigenvalue weighted by molar-refractivity contribution is 7.99. The number of nitrogens with zero attached hydrogens (tertiary/aromatic N) is 1. The van der Waals surface area contributed by atoms with Crippen molar-refractivity contribution in [2.75, 3.05) is 31.2 Å². The number of carboxylic acids is 1. The highest BCUT2D eigenvalue weighted by atomic mass is 32.2. The Kier molecular flexibility index (Phi) is 3.88. The van der Waals surface area contributed by atoms with E-state index in [1.165, 1.54) is 17.9 Å². The molecule has 0 aromatic heterocycles. The molecule has 2 aliphatic heterocycles. The minimum Gasteiger partial charge on any atom is -0.481 e. The van der Waals surface area contributed by atoms with Crippen molar-refractivity contribution in [1.82, 2.24) is 4.90 Å². The predicted octanol–water partition coefficient (Wildman–Crippen LogP) is 0.667. The normalized spacial score (nSPS) is 33.1. The van der Waals surface area contributed by atoms with Crippen LogP contribution in [0.2, 0.25) is 0 Å². The zero-order valence-corrected chi connectivity index (χ0v) is 9.54. The highest BCUT2D eigenvalue weighted by Gasteiger charge is 2.29. The van der Waals surface area contributed by atoms with Crippen molar-refractivity contribution in [3.63, 3.8) is 0 Å². The third kappa shape index (κ3) is 3.09. The molecule has 2 saturated heterocycles. The lowest BCUT2D eigenvalue weighted by Crippen LogP contribution is -2.48. The van der Waals surface area contributed by atoms with Crippen LogP contribution in [0.1, 0.15) is 12.8 Å². The summed E-state index contributed by atoms with van der Waals surface area (Å²) >= 11 is 1.99. The molecular formula is C10H17NO3S. The number of hydrogen-bond acceptors (Lipinski definition) is 4. The Morgan fingerprint density at radius 2 is 2.47 bits per heavy atom. The van der Waals surface area contributed by atoms with Crippen molar-refractivity contribution in [2.45, 2.75) is 25.0 Å². The van der Waals surface area contributed by atoms with Crippen LogP contribution in [0.4, 0.5) is 0 Å². The minimum absolute atomic E-state index is 0.109. The average molecular weight is 231 g/mol. The summed E-state index contributed by atoms with van der Waals surface area (Å²) in [5, 5.41) is 8.71. The van der Waals surface area contributed by atoms with E-state index in [1.807, 2.05) is 11.8 Å². The summed E-state index contributed by atoms with van der Waals surface area (Å²) < 4.78 is 5.45. The summed E-state index contributed by atoms with van der Waals surface area (Å²) in [6.07, 6.45) is 1.27. The third-order valence-electron chi connectivity index (χ3n) is 2.99. The zero-order chi connectivity index (χ0) is 10.7. The Balaban J connectivity index is 1.83. The van der Waals surface area contributed by atoms with Crippen LogP contribution in [0, 0.1) is 0 Å². The van der Waals surface area contributed by atoms with Gasteiger partial charge in [0.1, 0.15) is 0 Å². The van der Waals surface area contributed by atoms with Crippen molar-refractivity contribution >= 4 is 17.7 Å². The number of hydrogen-bond donors (Lipinski definition) is 1. The van der Waals surface area contributed by atoms with Gasteiger partial charge in [0, 0.05) is 24.9 Å². The third-order valence-corrected chi connectivity index (χ3v) is 4.14. The molecule has 2 aliphatic rings. The van der Waals surface area contributed by atoms with Gasteiger partial charge in [-0.15, -0.1) is 0 Å². The summed E-state index contributed by atoms with van der Waals surface area (Å²) in [6, 6.07) is 0.648. The standard InChI is InChI=1S/C10H17NO3S/c12-10(13)5-9-6-11(2-3-14-9)8-1-4-15-7-8/h8-9H,1-7H2,(H,12,13). The van der Waals surface area contributed by atoms with Gasteiger partial charge in [0.2, 0.25) is 0 Å². The Hall–Kier alpha value is -0.260. The number of aliphatic carboxylic acids is 1. The molecule has 2 fully saturated rings. The second-order valence-electron chi connectivity index (χ2n) is 4.10. The minimum atomic E-state index is -0.761. The smallest absolute Gasteiger partial charge is 0.306 e. The second kappa shape index (κ2) is 5.18. The van der Waals surface area contributed by atoms with Gasteiger partial charge in [0.15, 0.2) is 0 Å². The Morgan fingerprint density at radius 3 is 3.13 bits per heavy atom. The van der Waals surface area contributed by atoms with E-state index < -0.39 is 5.97 Å². The molecule has 2 rings (SSSR count). The molecule has 0 amide bonds. The lowest BCUT2D eigenvalue weighted by Gasteiger charge is -2.36. The topological polar surface area (TPSA) is 49.8 Å². The number of rotatable bonds is 3. The molecule has 0 saturated carbocycles. The number of ether oxygens (including phenoxy) is 1. The number of morpholine rings is 1. The maximum atomic E-state index is 10.6. The first-order valence-corrected chi connectivity index (χ1v) is 6.56. The molecule has 86 valence electrons. The molecule has 0 aromatic rings. The molecule has 2 heterocycles. The molecule has 0 spiro atoms. The van der Waals surface area contributed by atoms with Gasteiger partial charge in [-0.25, -0.2) is 0 Å². The Morgan fingerprint density at radius 1 is 1.60 bits per heavy atom. The molecule has 1 N–H and O–H groups in total. The van der Waals surface area contributed by atoms with E-state index in [1.54, 1.807) is 0 Å².